The van der Waals surface area contributed by atoms with Crippen molar-refractivity contribution >= 4 is 52.3 Å². The van der Waals surface area contributed by atoms with Gasteiger partial charge in [-0.3, -0.25) is 14.6 Å². The summed E-state index contributed by atoms with van der Waals surface area (Å²) in [6, 6.07) is 22.7. The van der Waals surface area contributed by atoms with Crippen molar-refractivity contribution in [1.29, 1.82) is 0 Å². The van der Waals surface area contributed by atoms with E-state index in [0.29, 0.717) is 51.3 Å². The first kappa shape index (κ1) is 26.7. The minimum Gasteiger partial charge on any atom is -0.465 e. The highest BCUT2D eigenvalue weighted by atomic mass is 35.5. The van der Waals surface area contributed by atoms with Crippen molar-refractivity contribution < 1.29 is 14.3 Å². The van der Waals surface area contributed by atoms with Gasteiger partial charge in [0.1, 0.15) is 5.92 Å². The third-order valence-electron chi connectivity index (χ3n) is 7.26. The van der Waals surface area contributed by atoms with Gasteiger partial charge >= 0.3 is 5.97 Å². The molecule has 38 heavy (non-hydrogen) atoms. The molecule has 3 atom stereocenters. The predicted molar refractivity (Wildman–Crippen MR) is 152 cm³/mol. The summed E-state index contributed by atoms with van der Waals surface area (Å²) in [7, 11) is 0. The molecule has 1 heterocycles. The smallest absolute Gasteiger partial charge is 0.315 e. The third-order valence-corrected chi connectivity index (χ3v) is 8.26. The van der Waals surface area contributed by atoms with Crippen LogP contribution in [-0.2, 0) is 20.7 Å². The molecule has 3 aromatic carbocycles. The average molecular weight is 567 g/mol. The number of carbonyl (C=O) groups is 2. The molecule has 1 aliphatic carbocycles. The Bertz CT molecular complexity index is 1430. The molecule has 0 amide bonds. The van der Waals surface area contributed by atoms with Gasteiger partial charge in [0.2, 0.25) is 0 Å². The summed E-state index contributed by atoms with van der Waals surface area (Å²) in [5.41, 5.74) is 4.75. The normalized spacial score (nSPS) is 21.1. The number of hydrogen-bond donors (Lipinski definition) is 0. The maximum absolute atomic E-state index is 13.7. The Labute approximate surface area is 237 Å². The van der Waals surface area contributed by atoms with E-state index in [1.54, 1.807) is 12.1 Å². The second-order valence-corrected chi connectivity index (χ2v) is 11.0. The number of hydrogen-bond acceptors (Lipinski definition) is 4. The van der Waals surface area contributed by atoms with Crippen molar-refractivity contribution in [2.45, 2.75) is 38.0 Å². The lowest BCUT2D eigenvalue weighted by Crippen LogP contribution is -2.38. The van der Waals surface area contributed by atoms with Crippen LogP contribution in [0.4, 0.5) is 0 Å². The molecule has 0 fully saturated rings. The van der Waals surface area contributed by atoms with E-state index >= 15 is 0 Å². The fourth-order valence-corrected chi connectivity index (χ4v) is 5.84. The molecule has 0 bridgehead atoms. The van der Waals surface area contributed by atoms with E-state index in [1.165, 1.54) is 0 Å². The van der Waals surface area contributed by atoms with Gasteiger partial charge < -0.3 is 4.74 Å². The van der Waals surface area contributed by atoms with E-state index < -0.39 is 17.8 Å². The Kier molecular flexibility index (Phi) is 8.04. The molecule has 0 spiro atoms. The van der Waals surface area contributed by atoms with E-state index in [1.807, 2.05) is 67.6 Å². The number of ketones is 1. The van der Waals surface area contributed by atoms with Crippen molar-refractivity contribution in [3.05, 3.63) is 116 Å². The molecule has 194 valence electrons. The molecule has 0 saturated heterocycles. The monoisotopic (exact) mass is 565 g/mol. The highest BCUT2D eigenvalue weighted by Crippen LogP contribution is 2.47. The van der Waals surface area contributed by atoms with Crippen LogP contribution in [-0.4, -0.2) is 24.1 Å². The van der Waals surface area contributed by atoms with Crippen molar-refractivity contribution in [3.8, 4) is 0 Å². The van der Waals surface area contributed by atoms with Crippen molar-refractivity contribution in [2.75, 3.05) is 6.61 Å². The predicted octanol–water partition coefficient (Wildman–Crippen LogP) is 8.01. The summed E-state index contributed by atoms with van der Waals surface area (Å²) in [5, 5.41) is 1.42. The summed E-state index contributed by atoms with van der Waals surface area (Å²) in [6.07, 6.45) is 1.51. The first-order valence-corrected chi connectivity index (χ1v) is 13.7. The number of rotatable bonds is 6. The molecular formula is C31H26Cl3NO3. The molecule has 4 nitrogen and oxygen atoms in total. The third kappa shape index (κ3) is 5.58. The van der Waals surface area contributed by atoms with Crippen LogP contribution < -0.4 is 0 Å². The standard InChI is InChI=1S/C31H26Cl3NO3/c1-18-28(31(37)38-14-13-19-5-3-2-4-6-19)29(21-9-12-24(33)25(34)15-21)30-26(35-18)16-22(17-27(30)36)20-7-10-23(32)11-8-20/h2-12,15,22,28-29H,13-14,16-17H2,1H3/t22-,28?,29-/m1/s1. The van der Waals surface area contributed by atoms with Crippen molar-refractivity contribution in [1.82, 2.24) is 0 Å². The van der Waals surface area contributed by atoms with E-state index in [9.17, 15) is 9.59 Å². The number of ether oxygens (including phenoxy) is 1. The van der Waals surface area contributed by atoms with Crippen LogP contribution in [0.2, 0.25) is 15.1 Å². The Morgan fingerprint density at radius 1 is 0.921 bits per heavy atom. The molecule has 0 N–H and O–H groups in total. The second-order valence-electron chi connectivity index (χ2n) is 9.73. The highest BCUT2D eigenvalue weighted by Gasteiger charge is 2.44. The molecule has 3 aromatic rings. The fraction of sp³-hybridized carbons (Fsp3) is 0.258. The number of allylic oxidation sites excluding steroid dienone is 2. The summed E-state index contributed by atoms with van der Waals surface area (Å²) in [6.45, 7) is 2.06. The van der Waals surface area contributed by atoms with Crippen LogP contribution in [0.1, 0.15) is 48.3 Å². The number of esters is 1. The number of benzene rings is 3. The van der Waals surface area contributed by atoms with Crippen LogP contribution in [0.3, 0.4) is 0 Å². The average Bonchev–Trinajstić information content (AvgIpc) is 2.90. The topological polar surface area (TPSA) is 55.7 Å². The lowest BCUT2D eigenvalue weighted by atomic mass is 9.69. The largest absolute Gasteiger partial charge is 0.465 e. The van der Waals surface area contributed by atoms with Gasteiger partial charge in [-0.2, -0.15) is 0 Å². The SMILES string of the molecule is CC1=NC2=C(C(=O)C[C@H](c3ccc(Cl)cc3)C2)[C@H](c2ccc(Cl)c(Cl)c2)C1C(=O)OCCc1ccccc1. The Hall–Kier alpha value is -2.92. The number of aliphatic imine (C=N–C) groups is 1. The molecule has 0 aromatic heterocycles. The van der Waals surface area contributed by atoms with Crippen LogP contribution in [0.15, 0.2) is 89.1 Å². The maximum atomic E-state index is 13.7. The summed E-state index contributed by atoms with van der Waals surface area (Å²) in [4.78, 5) is 32.1. The minimum atomic E-state index is -0.738. The van der Waals surface area contributed by atoms with E-state index in [4.69, 9.17) is 44.5 Å². The van der Waals surface area contributed by atoms with Crippen LogP contribution in [0.25, 0.3) is 0 Å². The van der Waals surface area contributed by atoms with E-state index in [2.05, 4.69) is 0 Å². The molecule has 0 radical (unpaired) electrons. The van der Waals surface area contributed by atoms with Gasteiger partial charge in [0, 0.05) is 40.8 Å². The first-order chi connectivity index (χ1) is 18.3. The zero-order valence-corrected chi connectivity index (χ0v) is 23.1. The van der Waals surface area contributed by atoms with Crippen LogP contribution >= 0.6 is 34.8 Å². The van der Waals surface area contributed by atoms with Crippen molar-refractivity contribution in [3.63, 3.8) is 0 Å². The van der Waals surface area contributed by atoms with Gasteiger partial charge in [-0.15, -0.1) is 0 Å². The maximum Gasteiger partial charge on any atom is 0.315 e. The molecular weight excluding hydrogens is 541 g/mol. The van der Waals surface area contributed by atoms with Gasteiger partial charge in [-0.05, 0) is 60.2 Å². The van der Waals surface area contributed by atoms with E-state index in [0.717, 1.165) is 16.7 Å². The highest BCUT2D eigenvalue weighted by molar-refractivity contribution is 6.42. The van der Waals surface area contributed by atoms with Gasteiger partial charge in [0.25, 0.3) is 0 Å². The number of halogens is 3. The second kappa shape index (κ2) is 11.4. The van der Waals surface area contributed by atoms with Crippen molar-refractivity contribution in [2.24, 2.45) is 10.9 Å². The van der Waals surface area contributed by atoms with E-state index in [-0.39, 0.29) is 18.3 Å². The number of nitrogens with zero attached hydrogens (tertiary/aromatic N) is 1. The molecule has 7 heteroatoms. The molecule has 1 unspecified atom stereocenters. The number of Topliss-reactive ketones (excluding diaryl/α,β-unsaturated/α-hetero) is 1. The number of carbonyl (C=O) groups excluding carboxylic acids is 2. The lowest BCUT2D eigenvalue weighted by molar-refractivity contribution is -0.146. The zero-order chi connectivity index (χ0) is 26.8. The summed E-state index contributed by atoms with van der Waals surface area (Å²) < 4.78 is 5.75. The minimum absolute atomic E-state index is 0.0149. The Morgan fingerprint density at radius 3 is 2.34 bits per heavy atom. The van der Waals surface area contributed by atoms with Crippen LogP contribution in [0, 0.1) is 5.92 Å². The quantitative estimate of drug-likeness (QED) is 0.284. The summed E-state index contributed by atoms with van der Waals surface area (Å²) in [5.74, 6) is -1.74. The van der Waals surface area contributed by atoms with Gasteiger partial charge in [-0.25, -0.2) is 0 Å². The van der Waals surface area contributed by atoms with Gasteiger partial charge in [0.05, 0.1) is 16.7 Å². The van der Waals surface area contributed by atoms with Crippen LogP contribution in [0.5, 0.6) is 0 Å². The summed E-state index contributed by atoms with van der Waals surface area (Å²) >= 11 is 18.7. The Morgan fingerprint density at radius 2 is 1.63 bits per heavy atom. The molecule has 1 aliphatic heterocycles. The first-order valence-electron chi connectivity index (χ1n) is 12.5. The Balaban J connectivity index is 1.48. The molecule has 5 rings (SSSR count). The lowest BCUT2D eigenvalue weighted by Gasteiger charge is -2.36. The zero-order valence-electron chi connectivity index (χ0n) is 20.8. The fourth-order valence-electron chi connectivity index (χ4n) is 5.41. The molecule has 2 aliphatic rings. The molecule has 0 saturated carbocycles. The van der Waals surface area contributed by atoms with Gasteiger partial charge in [0.15, 0.2) is 5.78 Å². The van der Waals surface area contributed by atoms with Gasteiger partial charge in [-0.1, -0.05) is 83.3 Å².